The summed E-state index contributed by atoms with van der Waals surface area (Å²) >= 11 is 4.19. The molecule has 3 unspecified atom stereocenters. The Morgan fingerprint density at radius 2 is 1.53 bits per heavy atom. The van der Waals surface area contributed by atoms with Crippen LogP contribution in [0.2, 0.25) is 0 Å². The van der Waals surface area contributed by atoms with Crippen molar-refractivity contribution in [3.63, 3.8) is 0 Å². The first-order chi connectivity index (χ1) is 20.7. The van der Waals surface area contributed by atoms with Gasteiger partial charge in [0.25, 0.3) is 31.3 Å². The smallest absolute Gasteiger partial charge is 0.432 e. The highest BCUT2D eigenvalue weighted by atomic mass is 32.7. The minimum Gasteiger partial charge on any atom is -0.432 e. The number of nitrogens with one attached hydrogen (secondary N) is 2. The van der Waals surface area contributed by atoms with Gasteiger partial charge in [0.15, 0.2) is 8.09 Å². The normalized spacial score (nSPS) is 16.3. The average Bonchev–Trinajstić information content (AvgIpc) is 3.48. The summed E-state index contributed by atoms with van der Waals surface area (Å²) in [5, 5.41) is 5.67. The molecule has 230 valence electrons. The van der Waals surface area contributed by atoms with Crippen molar-refractivity contribution >= 4 is 69.4 Å². The average molecular weight is 676 g/mol. The Morgan fingerprint density at radius 3 is 2.07 bits per heavy atom. The van der Waals surface area contributed by atoms with E-state index in [1.54, 1.807) is 36.4 Å². The van der Waals surface area contributed by atoms with Crippen LogP contribution in [-0.4, -0.2) is 67.8 Å². The van der Waals surface area contributed by atoms with Crippen LogP contribution < -0.4 is 10.6 Å². The number of rotatable bonds is 14. The molecular formula is C25H25F2N3O9P2S2. The maximum absolute atomic E-state index is 12.8. The van der Waals surface area contributed by atoms with Crippen molar-refractivity contribution in [2.75, 3.05) is 32.9 Å². The maximum atomic E-state index is 12.8. The maximum Gasteiger partial charge on any atom is 0.533 e. The van der Waals surface area contributed by atoms with Gasteiger partial charge in [-0.15, -0.1) is 0 Å². The molecule has 2 aliphatic rings. The van der Waals surface area contributed by atoms with Gasteiger partial charge in [-0.05, 0) is 46.5 Å². The van der Waals surface area contributed by atoms with E-state index in [9.17, 15) is 32.4 Å². The standard InChI is InChI=1S/C25H25F2N3O9P2S2/c26-40-43-38-10-8-29-24(34)15-2-4-17-16-3-1-14(23(33)28-7-9-37-41(27)42)11-18(16)20(19(17)12-15)13-36-25(35)39-30-21(31)5-6-22(30)32/h1-4,11-12,20,40,42H,5-10,13H2,(H,28,33)(H,29,34). The lowest BCUT2D eigenvalue weighted by Crippen LogP contribution is -2.32. The minimum atomic E-state index is -2.35. The molecule has 2 aromatic rings. The molecule has 1 aliphatic carbocycles. The fraction of sp³-hybridized carbons (Fsp3) is 0.320. The highest BCUT2D eigenvalue weighted by molar-refractivity contribution is 8.45. The van der Waals surface area contributed by atoms with Crippen molar-refractivity contribution in [3.8, 4) is 11.1 Å². The molecule has 0 radical (unpaired) electrons. The predicted molar refractivity (Wildman–Crippen MR) is 158 cm³/mol. The van der Waals surface area contributed by atoms with Crippen molar-refractivity contribution < 1.29 is 50.6 Å². The number of carbonyl (C=O) groups is 5. The van der Waals surface area contributed by atoms with E-state index in [2.05, 4.69) is 22.9 Å². The van der Waals surface area contributed by atoms with Gasteiger partial charge in [-0.2, -0.15) is 4.20 Å². The van der Waals surface area contributed by atoms with E-state index in [1.807, 2.05) is 0 Å². The van der Waals surface area contributed by atoms with Gasteiger partial charge in [-0.25, -0.2) is 8.99 Å². The third-order valence-electron chi connectivity index (χ3n) is 6.35. The first kappa shape index (κ1) is 33.0. The summed E-state index contributed by atoms with van der Waals surface area (Å²) in [7, 11) is -3.29. The van der Waals surface area contributed by atoms with Crippen molar-refractivity contribution in [2.45, 2.75) is 18.8 Å². The number of hydrogen-bond donors (Lipinski definition) is 3. The van der Waals surface area contributed by atoms with Crippen LogP contribution in [0.3, 0.4) is 0 Å². The zero-order valence-electron chi connectivity index (χ0n) is 22.2. The van der Waals surface area contributed by atoms with Crippen molar-refractivity contribution in [3.05, 3.63) is 58.7 Å². The molecule has 0 spiro atoms. The van der Waals surface area contributed by atoms with E-state index >= 15 is 0 Å². The summed E-state index contributed by atoms with van der Waals surface area (Å²) < 4.78 is 40.0. The number of benzene rings is 2. The highest BCUT2D eigenvalue weighted by Gasteiger charge is 2.35. The summed E-state index contributed by atoms with van der Waals surface area (Å²) in [4.78, 5) is 66.4. The summed E-state index contributed by atoms with van der Waals surface area (Å²) in [5.74, 6) is -2.86. The van der Waals surface area contributed by atoms with Gasteiger partial charge in [0, 0.05) is 43.0 Å². The van der Waals surface area contributed by atoms with Crippen LogP contribution in [0.15, 0.2) is 36.4 Å². The van der Waals surface area contributed by atoms with Crippen LogP contribution in [0, 0.1) is 0 Å². The fourth-order valence-corrected chi connectivity index (χ4v) is 5.57. The van der Waals surface area contributed by atoms with Crippen LogP contribution in [0.25, 0.3) is 11.1 Å². The van der Waals surface area contributed by atoms with E-state index in [0.29, 0.717) is 33.4 Å². The van der Waals surface area contributed by atoms with E-state index in [1.165, 1.54) is 0 Å². The third-order valence-corrected chi connectivity index (χ3v) is 7.99. The molecule has 43 heavy (non-hydrogen) atoms. The molecule has 4 amide bonds. The Morgan fingerprint density at radius 1 is 0.977 bits per heavy atom. The second kappa shape index (κ2) is 15.7. The van der Waals surface area contributed by atoms with Crippen LogP contribution in [0.4, 0.5) is 13.2 Å². The number of carbonyl (C=O) groups excluding carboxylic acids is 5. The van der Waals surface area contributed by atoms with Crippen LogP contribution >= 0.6 is 39.7 Å². The monoisotopic (exact) mass is 675 g/mol. The second-order valence-electron chi connectivity index (χ2n) is 8.94. The minimum absolute atomic E-state index is 0.0438. The van der Waals surface area contributed by atoms with Gasteiger partial charge in [-0.3, -0.25) is 24.0 Å². The lowest BCUT2D eigenvalue weighted by Gasteiger charge is -2.17. The van der Waals surface area contributed by atoms with Crippen LogP contribution in [-0.2, 0) is 27.9 Å². The molecular weight excluding hydrogens is 650 g/mol. The number of amides is 4. The van der Waals surface area contributed by atoms with Gasteiger partial charge < -0.3 is 24.1 Å². The fourth-order valence-electron chi connectivity index (χ4n) is 4.49. The molecule has 1 heterocycles. The molecule has 1 saturated heterocycles. The molecule has 2 N–H and O–H groups in total. The zero-order valence-corrected chi connectivity index (χ0v) is 25.8. The van der Waals surface area contributed by atoms with Gasteiger partial charge in [0.2, 0.25) is 0 Å². The number of halogens is 2. The van der Waals surface area contributed by atoms with Gasteiger partial charge in [0.05, 0.1) is 24.9 Å². The van der Waals surface area contributed by atoms with Gasteiger partial charge in [-0.1, -0.05) is 29.4 Å². The summed E-state index contributed by atoms with van der Waals surface area (Å²) in [6.45, 7) is -0.0890. The lowest BCUT2D eigenvalue weighted by molar-refractivity contribution is -0.177. The quantitative estimate of drug-likeness (QED) is 0.0639. The number of nitrogens with zero attached hydrogens (tertiary/aromatic N) is 1. The number of fused-ring (bicyclic) bond motifs is 3. The molecule has 3 atom stereocenters. The number of imide groups is 1. The van der Waals surface area contributed by atoms with E-state index in [4.69, 9.17) is 18.3 Å². The van der Waals surface area contributed by atoms with Crippen molar-refractivity contribution in [1.82, 2.24) is 15.7 Å². The lowest BCUT2D eigenvalue weighted by atomic mass is 9.95. The molecule has 18 heteroatoms. The summed E-state index contributed by atoms with van der Waals surface area (Å²) in [6, 6.07) is 9.88. The SMILES string of the molecule is O=C(OCC1c2cc(C(=O)NCCOSPF)ccc2-c2ccc(C(=O)NCCOP(F)S)cc21)ON1C(=O)CCC1=O. The Kier molecular flexibility index (Phi) is 12.1. The summed E-state index contributed by atoms with van der Waals surface area (Å²) in [5.41, 5.74) is 3.24. The van der Waals surface area contributed by atoms with E-state index in [-0.39, 0.29) is 51.3 Å². The molecule has 0 bridgehead atoms. The zero-order chi connectivity index (χ0) is 30.9. The first-order valence-corrected chi connectivity index (χ1v) is 17.3. The second-order valence-corrected chi connectivity index (χ2v) is 12.1. The van der Waals surface area contributed by atoms with Gasteiger partial charge >= 0.3 is 6.16 Å². The van der Waals surface area contributed by atoms with E-state index < -0.39 is 51.5 Å². The molecule has 1 aliphatic heterocycles. The first-order valence-electron chi connectivity index (χ1n) is 12.7. The predicted octanol–water partition coefficient (Wildman–Crippen LogP) is 4.76. The molecule has 0 aromatic heterocycles. The molecule has 1 fully saturated rings. The molecule has 12 nitrogen and oxygen atoms in total. The van der Waals surface area contributed by atoms with Crippen molar-refractivity contribution in [2.24, 2.45) is 0 Å². The van der Waals surface area contributed by atoms with Gasteiger partial charge in [0.1, 0.15) is 6.61 Å². The molecule has 0 saturated carbocycles. The molecule has 2 aromatic carbocycles. The Bertz CT molecular complexity index is 1390. The van der Waals surface area contributed by atoms with Crippen LogP contribution in [0.5, 0.6) is 0 Å². The van der Waals surface area contributed by atoms with Crippen LogP contribution in [0.1, 0.15) is 50.6 Å². The Hall–Kier alpha value is -2.87. The van der Waals surface area contributed by atoms with Crippen molar-refractivity contribution in [1.29, 1.82) is 0 Å². The molecule has 4 rings (SSSR count). The highest BCUT2D eigenvalue weighted by Crippen LogP contribution is 2.46. The third kappa shape index (κ3) is 8.62. The number of hydroxylamine groups is 2. The summed E-state index contributed by atoms with van der Waals surface area (Å²) in [6.07, 6.45) is -1.43. The number of thiol groups is 1. The topological polar surface area (TPSA) is 150 Å². The number of hydrogen-bond acceptors (Lipinski definition) is 11. The van der Waals surface area contributed by atoms with E-state index in [0.717, 1.165) is 11.1 Å². The Balaban J connectivity index is 1.53. The number of ether oxygens (including phenoxy) is 1. The largest absolute Gasteiger partial charge is 0.533 e. The Labute approximate surface area is 256 Å².